The zero-order valence-electron chi connectivity index (χ0n) is 9.87. The Morgan fingerprint density at radius 2 is 2.25 bits per heavy atom. The molecule has 0 saturated carbocycles. The van der Waals surface area contributed by atoms with Crippen LogP contribution in [0, 0.1) is 5.92 Å². The molecular weight excluding hydrogens is 206 g/mol. The molecule has 5 heteroatoms. The molecule has 3 N–H and O–H groups in total. The van der Waals surface area contributed by atoms with E-state index in [1.807, 2.05) is 6.92 Å². The standard InChI is InChI=1S/C11H21N3O2/c1-2-14(8-10(12)15)11(16)4-3-9-5-6-13-7-9/h9,13H,2-8H2,1H3,(H2,12,15). The molecule has 1 heterocycles. The lowest BCUT2D eigenvalue weighted by Crippen LogP contribution is -2.38. The zero-order chi connectivity index (χ0) is 12.0. The molecule has 1 unspecified atom stereocenters. The molecule has 1 rings (SSSR count). The van der Waals surface area contributed by atoms with Crippen LogP contribution in [0.5, 0.6) is 0 Å². The van der Waals surface area contributed by atoms with E-state index in [9.17, 15) is 9.59 Å². The fourth-order valence-electron chi connectivity index (χ4n) is 2.01. The van der Waals surface area contributed by atoms with Gasteiger partial charge in [-0.15, -0.1) is 0 Å². The highest BCUT2D eigenvalue weighted by molar-refractivity contribution is 5.83. The van der Waals surface area contributed by atoms with Crippen LogP contribution in [-0.4, -0.2) is 42.9 Å². The van der Waals surface area contributed by atoms with Crippen molar-refractivity contribution in [2.75, 3.05) is 26.2 Å². The van der Waals surface area contributed by atoms with Crippen molar-refractivity contribution in [1.29, 1.82) is 0 Å². The van der Waals surface area contributed by atoms with Crippen LogP contribution >= 0.6 is 0 Å². The van der Waals surface area contributed by atoms with E-state index in [1.54, 1.807) is 0 Å². The maximum Gasteiger partial charge on any atom is 0.237 e. The average molecular weight is 227 g/mol. The molecule has 0 aliphatic carbocycles. The molecular formula is C11H21N3O2. The number of hydrogen-bond acceptors (Lipinski definition) is 3. The van der Waals surface area contributed by atoms with E-state index in [0.29, 0.717) is 18.9 Å². The molecule has 0 bridgehead atoms. The molecule has 1 fully saturated rings. The lowest BCUT2D eigenvalue weighted by atomic mass is 10.0. The van der Waals surface area contributed by atoms with Gasteiger partial charge in [-0.05, 0) is 38.8 Å². The van der Waals surface area contributed by atoms with Crippen molar-refractivity contribution in [3.63, 3.8) is 0 Å². The van der Waals surface area contributed by atoms with E-state index < -0.39 is 5.91 Å². The maximum absolute atomic E-state index is 11.8. The Kier molecular flexibility index (Phi) is 5.25. The van der Waals surface area contributed by atoms with Gasteiger partial charge in [0.1, 0.15) is 0 Å². The predicted molar refractivity (Wildman–Crippen MR) is 61.7 cm³/mol. The molecule has 92 valence electrons. The molecule has 1 aliphatic heterocycles. The molecule has 1 aliphatic rings. The number of nitrogens with one attached hydrogen (secondary N) is 1. The van der Waals surface area contributed by atoms with Crippen molar-refractivity contribution in [2.45, 2.75) is 26.2 Å². The highest BCUT2D eigenvalue weighted by atomic mass is 16.2. The van der Waals surface area contributed by atoms with Crippen molar-refractivity contribution in [1.82, 2.24) is 10.2 Å². The fraction of sp³-hybridized carbons (Fsp3) is 0.818. The minimum atomic E-state index is -0.447. The summed E-state index contributed by atoms with van der Waals surface area (Å²) >= 11 is 0. The summed E-state index contributed by atoms with van der Waals surface area (Å²) in [5, 5.41) is 3.27. The first-order valence-corrected chi connectivity index (χ1v) is 5.90. The summed E-state index contributed by atoms with van der Waals surface area (Å²) in [7, 11) is 0. The summed E-state index contributed by atoms with van der Waals surface area (Å²) in [6, 6.07) is 0. The number of hydrogen-bond donors (Lipinski definition) is 2. The Morgan fingerprint density at radius 3 is 2.75 bits per heavy atom. The van der Waals surface area contributed by atoms with Gasteiger partial charge < -0.3 is 16.0 Å². The van der Waals surface area contributed by atoms with Crippen molar-refractivity contribution in [3.05, 3.63) is 0 Å². The molecule has 16 heavy (non-hydrogen) atoms. The Hall–Kier alpha value is -1.10. The SMILES string of the molecule is CCN(CC(N)=O)C(=O)CCC1CCNC1. The quantitative estimate of drug-likeness (QED) is 0.654. The van der Waals surface area contributed by atoms with E-state index in [4.69, 9.17) is 5.73 Å². The highest BCUT2D eigenvalue weighted by Gasteiger charge is 2.18. The van der Waals surface area contributed by atoms with Crippen LogP contribution in [0.4, 0.5) is 0 Å². The van der Waals surface area contributed by atoms with Crippen LogP contribution in [0.2, 0.25) is 0 Å². The van der Waals surface area contributed by atoms with Gasteiger partial charge in [0.05, 0.1) is 6.54 Å². The van der Waals surface area contributed by atoms with E-state index in [-0.39, 0.29) is 12.5 Å². The van der Waals surface area contributed by atoms with Gasteiger partial charge >= 0.3 is 0 Å². The second kappa shape index (κ2) is 6.48. The van der Waals surface area contributed by atoms with Gasteiger partial charge in [0.15, 0.2) is 0 Å². The van der Waals surface area contributed by atoms with Crippen LogP contribution in [0.1, 0.15) is 26.2 Å². The van der Waals surface area contributed by atoms with Gasteiger partial charge in [0, 0.05) is 13.0 Å². The first kappa shape index (κ1) is 13.0. The van der Waals surface area contributed by atoms with Gasteiger partial charge in [-0.25, -0.2) is 0 Å². The van der Waals surface area contributed by atoms with Crippen molar-refractivity contribution in [2.24, 2.45) is 11.7 Å². The van der Waals surface area contributed by atoms with E-state index in [2.05, 4.69) is 5.32 Å². The molecule has 0 spiro atoms. The Bertz CT molecular complexity index is 250. The van der Waals surface area contributed by atoms with Gasteiger partial charge in [0.2, 0.25) is 11.8 Å². The summed E-state index contributed by atoms with van der Waals surface area (Å²) < 4.78 is 0. The second-order valence-corrected chi connectivity index (χ2v) is 4.27. The number of likely N-dealkylation sites (N-methyl/N-ethyl adjacent to an activating group) is 1. The number of primary amides is 1. The van der Waals surface area contributed by atoms with E-state index in [0.717, 1.165) is 25.9 Å². The number of carbonyl (C=O) groups is 2. The number of carbonyl (C=O) groups excluding carboxylic acids is 2. The lowest BCUT2D eigenvalue weighted by molar-refractivity contribution is -0.135. The molecule has 1 saturated heterocycles. The van der Waals surface area contributed by atoms with Crippen LogP contribution in [0.25, 0.3) is 0 Å². The summed E-state index contributed by atoms with van der Waals surface area (Å²) in [4.78, 5) is 24.0. The summed E-state index contributed by atoms with van der Waals surface area (Å²) in [6.45, 7) is 4.51. The number of nitrogens with zero attached hydrogens (tertiary/aromatic N) is 1. The Morgan fingerprint density at radius 1 is 1.50 bits per heavy atom. The third-order valence-electron chi connectivity index (χ3n) is 3.01. The summed E-state index contributed by atoms with van der Waals surface area (Å²) in [5.74, 6) is 0.196. The van der Waals surface area contributed by atoms with Crippen molar-refractivity contribution < 1.29 is 9.59 Å². The molecule has 0 radical (unpaired) electrons. The molecule has 5 nitrogen and oxygen atoms in total. The minimum Gasteiger partial charge on any atom is -0.368 e. The second-order valence-electron chi connectivity index (χ2n) is 4.27. The van der Waals surface area contributed by atoms with Gasteiger partial charge in [-0.3, -0.25) is 9.59 Å². The van der Waals surface area contributed by atoms with Crippen LogP contribution in [-0.2, 0) is 9.59 Å². The minimum absolute atomic E-state index is 0.0354. The first-order chi connectivity index (χ1) is 7.63. The average Bonchev–Trinajstić information content (AvgIpc) is 2.75. The van der Waals surface area contributed by atoms with E-state index in [1.165, 1.54) is 4.90 Å². The topological polar surface area (TPSA) is 75.4 Å². The third kappa shape index (κ3) is 4.18. The monoisotopic (exact) mass is 227 g/mol. The van der Waals surface area contributed by atoms with Gasteiger partial charge in [-0.2, -0.15) is 0 Å². The van der Waals surface area contributed by atoms with Crippen LogP contribution in [0.3, 0.4) is 0 Å². The highest BCUT2D eigenvalue weighted by Crippen LogP contribution is 2.15. The fourth-order valence-corrected chi connectivity index (χ4v) is 2.01. The normalized spacial score (nSPS) is 19.7. The van der Waals surface area contributed by atoms with Gasteiger partial charge in [-0.1, -0.05) is 0 Å². The van der Waals surface area contributed by atoms with Crippen LogP contribution < -0.4 is 11.1 Å². The predicted octanol–water partition coefficient (Wildman–Crippen LogP) is -0.290. The molecule has 2 amide bonds. The van der Waals surface area contributed by atoms with Gasteiger partial charge in [0.25, 0.3) is 0 Å². The number of rotatable bonds is 6. The van der Waals surface area contributed by atoms with E-state index >= 15 is 0 Å². The summed E-state index contributed by atoms with van der Waals surface area (Å²) in [6.07, 6.45) is 2.57. The number of nitrogens with two attached hydrogens (primary N) is 1. The number of amides is 2. The molecule has 1 atom stereocenters. The zero-order valence-corrected chi connectivity index (χ0v) is 9.87. The molecule has 0 aromatic carbocycles. The van der Waals surface area contributed by atoms with Crippen LogP contribution in [0.15, 0.2) is 0 Å². The molecule has 0 aromatic heterocycles. The summed E-state index contributed by atoms with van der Waals surface area (Å²) in [5.41, 5.74) is 5.08. The largest absolute Gasteiger partial charge is 0.368 e. The van der Waals surface area contributed by atoms with Crippen molar-refractivity contribution >= 4 is 11.8 Å². The smallest absolute Gasteiger partial charge is 0.237 e. The lowest BCUT2D eigenvalue weighted by Gasteiger charge is -2.19. The maximum atomic E-state index is 11.8. The Balaban J connectivity index is 2.28. The van der Waals surface area contributed by atoms with Crippen molar-refractivity contribution in [3.8, 4) is 0 Å². The third-order valence-corrected chi connectivity index (χ3v) is 3.01. The Labute approximate surface area is 96.4 Å². The first-order valence-electron chi connectivity index (χ1n) is 5.90. The molecule has 0 aromatic rings.